The lowest BCUT2D eigenvalue weighted by atomic mass is 10.4. The molecule has 5 nitrogen and oxygen atoms in total. The summed E-state index contributed by atoms with van der Waals surface area (Å²) in [6, 6.07) is 8.05. The van der Waals surface area contributed by atoms with Crippen LogP contribution in [-0.4, -0.2) is 38.9 Å². The second kappa shape index (κ2) is 6.51. The smallest absolute Gasteiger partial charge is 0.321 e. The van der Waals surface area contributed by atoms with Gasteiger partial charge >= 0.3 is 5.97 Å². The van der Waals surface area contributed by atoms with Crippen LogP contribution in [0.5, 0.6) is 0 Å². The highest BCUT2D eigenvalue weighted by Gasteiger charge is 2.25. The molecule has 0 unspecified atom stereocenters. The number of sulfonamides is 1. The maximum Gasteiger partial charge on any atom is 0.321 e. The van der Waals surface area contributed by atoms with E-state index >= 15 is 0 Å². The van der Waals surface area contributed by atoms with Crippen molar-refractivity contribution < 1.29 is 17.9 Å². The average Bonchev–Trinajstić information content (AvgIpc) is 2.39. The van der Waals surface area contributed by atoms with Crippen LogP contribution in [0.2, 0.25) is 0 Å². The van der Waals surface area contributed by atoms with E-state index in [-0.39, 0.29) is 18.0 Å². The Bertz CT molecular complexity index is 484. The molecule has 0 bridgehead atoms. The number of rotatable bonds is 6. The molecule has 0 amide bonds. The van der Waals surface area contributed by atoms with Crippen molar-refractivity contribution in [2.45, 2.75) is 18.2 Å². The quantitative estimate of drug-likeness (QED) is 0.731. The zero-order valence-electron chi connectivity index (χ0n) is 10.5. The van der Waals surface area contributed by atoms with E-state index < -0.39 is 16.0 Å². The van der Waals surface area contributed by atoms with E-state index in [1.807, 2.05) is 6.92 Å². The number of benzene rings is 1. The number of hydrogen-bond acceptors (Lipinski definition) is 4. The second-order valence-electron chi connectivity index (χ2n) is 3.73. The summed E-state index contributed by atoms with van der Waals surface area (Å²) in [5.41, 5.74) is 0. The van der Waals surface area contributed by atoms with Gasteiger partial charge in [-0.25, -0.2) is 8.42 Å². The SMILES string of the molecule is CCCN(CC(=O)OC)S(=O)(=O)c1ccccc1. The zero-order valence-corrected chi connectivity index (χ0v) is 11.3. The summed E-state index contributed by atoms with van der Waals surface area (Å²) in [7, 11) is -2.40. The fourth-order valence-electron chi connectivity index (χ4n) is 1.48. The molecule has 0 fully saturated rings. The summed E-state index contributed by atoms with van der Waals surface area (Å²) in [6.07, 6.45) is 0.628. The number of carbonyl (C=O) groups excluding carboxylic acids is 1. The molecule has 0 spiro atoms. The molecule has 0 aromatic heterocycles. The first-order chi connectivity index (χ1) is 8.52. The van der Waals surface area contributed by atoms with Crippen LogP contribution in [0.1, 0.15) is 13.3 Å². The Hall–Kier alpha value is -1.40. The Morgan fingerprint density at radius 2 is 1.89 bits per heavy atom. The van der Waals surface area contributed by atoms with Crippen LogP contribution in [-0.2, 0) is 19.6 Å². The van der Waals surface area contributed by atoms with E-state index in [1.54, 1.807) is 18.2 Å². The largest absolute Gasteiger partial charge is 0.468 e. The van der Waals surface area contributed by atoms with Crippen LogP contribution >= 0.6 is 0 Å². The molecular formula is C12H17NO4S. The van der Waals surface area contributed by atoms with Crippen LogP contribution in [0.25, 0.3) is 0 Å². The minimum absolute atomic E-state index is 0.183. The predicted octanol–water partition coefficient (Wildman–Crippen LogP) is 1.26. The maximum absolute atomic E-state index is 12.3. The molecule has 100 valence electrons. The molecule has 0 N–H and O–H groups in total. The minimum atomic E-state index is -3.64. The van der Waals surface area contributed by atoms with Gasteiger partial charge in [0.15, 0.2) is 0 Å². The first kappa shape index (κ1) is 14.7. The van der Waals surface area contributed by atoms with E-state index in [9.17, 15) is 13.2 Å². The van der Waals surface area contributed by atoms with Crippen molar-refractivity contribution in [1.82, 2.24) is 4.31 Å². The molecule has 0 aliphatic carbocycles. The summed E-state index contributed by atoms with van der Waals surface area (Å²) in [5.74, 6) is -0.567. The Balaban J connectivity index is 3.01. The van der Waals surface area contributed by atoms with Gasteiger partial charge in [-0.15, -0.1) is 0 Å². The standard InChI is InChI=1S/C12H17NO4S/c1-3-9-13(10-12(14)17-2)18(15,16)11-7-5-4-6-8-11/h4-8H,3,9-10H2,1-2H3. The van der Waals surface area contributed by atoms with Crippen molar-refractivity contribution >= 4 is 16.0 Å². The zero-order chi connectivity index (χ0) is 13.6. The molecule has 0 heterocycles. The Kier molecular flexibility index (Phi) is 5.30. The summed E-state index contributed by atoms with van der Waals surface area (Å²) in [5, 5.41) is 0. The van der Waals surface area contributed by atoms with Gasteiger partial charge in [0.1, 0.15) is 6.54 Å². The highest BCUT2D eigenvalue weighted by Crippen LogP contribution is 2.15. The van der Waals surface area contributed by atoms with Gasteiger partial charge < -0.3 is 4.74 Å². The van der Waals surface area contributed by atoms with Gasteiger partial charge in [-0.05, 0) is 18.6 Å². The Morgan fingerprint density at radius 1 is 1.28 bits per heavy atom. The molecule has 0 saturated heterocycles. The fraction of sp³-hybridized carbons (Fsp3) is 0.417. The van der Waals surface area contributed by atoms with Crippen molar-refractivity contribution in [3.8, 4) is 0 Å². The fourth-order valence-corrected chi connectivity index (χ4v) is 2.98. The summed E-state index contributed by atoms with van der Waals surface area (Å²) in [4.78, 5) is 11.4. The summed E-state index contributed by atoms with van der Waals surface area (Å²) >= 11 is 0. The van der Waals surface area contributed by atoms with E-state index in [1.165, 1.54) is 19.2 Å². The number of ether oxygens (including phenoxy) is 1. The van der Waals surface area contributed by atoms with Crippen LogP contribution in [0, 0.1) is 0 Å². The molecule has 0 radical (unpaired) electrons. The molecule has 0 saturated carbocycles. The Morgan fingerprint density at radius 3 is 2.39 bits per heavy atom. The van der Waals surface area contributed by atoms with Crippen molar-refractivity contribution in [2.24, 2.45) is 0 Å². The molecule has 0 aliphatic rings. The lowest BCUT2D eigenvalue weighted by Crippen LogP contribution is -2.36. The van der Waals surface area contributed by atoms with E-state index in [0.717, 1.165) is 4.31 Å². The predicted molar refractivity (Wildman–Crippen MR) is 67.5 cm³/mol. The van der Waals surface area contributed by atoms with Gasteiger partial charge in [-0.2, -0.15) is 4.31 Å². The van der Waals surface area contributed by atoms with Gasteiger partial charge in [-0.1, -0.05) is 25.1 Å². The topological polar surface area (TPSA) is 63.7 Å². The maximum atomic E-state index is 12.3. The Labute approximate surface area is 107 Å². The number of nitrogens with zero attached hydrogens (tertiary/aromatic N) is 1. The highest BCUT2D eigenvalue weighted by molar-refractivity contribution is 7.89. The molecule has 6 heteroatoms. The number of esters is 1. The molecule has 1 rings (SSSR count). The van der Waals surface area contributed by atoms with Crippen LogP contribution in [0.4, 0.5) is 0 Å². The first-order valence-corrected chi connectivity index (χ1v) is 7.08. The van der Waals surface area contributed by atoms with Crippen molar-refractivity contribution in [3.05, 3.63) is 30.3 Å². The monoisotopic (exact) mass is 271 g/mol. The van der Waals surface area contributed by atoms with Crippen LogP contribution in [0.3, 0.4) is 0 Å². The van der Waals surface area contributed by atoms with Gasteiger partial charge in [-0.3, -0.25) is 4.79 Å². The van der Waals surface area contributed by atoms with Gasteiger partial charge in [0.05, 0.1) is 12.0 Å². The first-order valence-electron chi connectivity index (χ1n) is 5.64. The van der Waals surface area contributed by atoms with Gasteiger partial charge in [0.25, 0.3) is 0 Å². The van der Waals surface area contributed by atoms with Crippen LogP contribution < -0.4 is 0 Å². The lowest BCUT2D eigenvalue weighted by Gasteiger charge is -2.20. The number of carbonyl (C=O) groups is 1. The molecule has 18 heavy (non-hydrogen) atoms. The molecule has 1 aromatic carbocycles. The minimum Gasteiger partial charge on any atom is -0.468 e. The normalized spacial score (nSPS) is 11.5. The highest BCUT2D eigenvalue weighted by atomic mass is 32.2. The number of hydrogen-bond donors (Lipinski definition) is 0. The van der Waals surface area contributed by atoms with E-state index in [4.69, 9.17) is 0 Å². The second-order valence-corrected chi connectivity index (χ2v) is 5.67. The van der Waals surface area contributed by atoms with E-state index in [0.29, 0.717) is 6.42 Å². The third-order valence-electron chi connectivity index (χ3n) is 2.39. The van der Waals surface area contributed by atoms with E-state index in [2.05, 4.69) is 4.74 Å². The summed E-state index contributed by atoms with van der Waals surface area (Å²) in [6.45, 7) is 1.87. The van der Waals surface area contributed by atoms with Gasteiger partial charge in [0.2, 0.25) is 10.0 Å². The number of methoxy groups -OCH3 is 1. The average molecular weight is 271 g/mol. The van der Waals surface area contributed by atoms with Crippen LogP contribution in [0.15, 0.2) is 35.2 Å². The molecule has 0 atom stereocenters. The third kappa shape index (κ3) is 3.54. The third-order valence-corrected chi connectivity index (χ3v) is 4.25. The molecular weight excluding hydrogens is 254 g/mol. The van der Waals surface area contributed by atoms with Crippen molar-refractivity contribution in [3.63, 3.8) is 0 Å². The van der Waals surface area contributed by atoms with Gasteiger partial charge in [0, 0.05) is 6.54 Å². The van der Waals surface area contributed by atoms with Crippen molar-refractivity contribution in [2.75, 3.05) is 20.2 Å². The lowest BCUT2D eigenvalue weighted by molar-refractivity contribution is -0.140. The molecule has 1 aromatic rings. The summed E-state index contributed by atoms with van der Waals surface area (Å²) < 4.78 is 30.2. The van der Waals surface area contributed by atoms with Crippen molar-refractivity contribution in [1.29, 1.82) is 0 Å². The molecule has 0 aliphatic heterocycles.